The molecule has 0 aliphatic carbocycles. The number of amides is 1. The zero-order valence-electron chi connectivity index (χ0n) is 15.6. The molecule has 2 N–H and O–H groups in total. The summed E-state index contributed by atoms with van der Waals surface area (Å²) >= 11 is 8.62. The van der Waals surface area contributed by atoms with E-state index in [0.717, 1.165) is 32.7 Å². The number of nitrogens with one attached hydrogen (secondary N) is 2. The van der Waals surface area contributed by atoms with Crippen molar-refractivity contribution in [1.82, 2.24) is 9.69 Å². The van der Waals surface area contributed by atoms with E-state index in [2.05, 4.69) is 48.4 Å². The number of hydrogen-bond donors (Lipinski definition) is 2. The van der Waals surface area contributed by atoms with E-state index in [9.17, 15) is 4.79 Å². The Bertz CT molecular complexity index is 912. The molecule has 0 aliphatic rings. The van der Waals surface area contributed by atoms with Gasteiger partial charge in [-0.3, -0.25) is 0 Å². The van der Waals surface area contributed by atoms with Gasteiger partial charge in [0.15, 0.2) is 0 Å². The monoisotopic (exact) mass is 487 g/mol. The van der Waals surface area contributed by atoms with Crippen molar-refractivity contribution >= 4 is 71.4 Å². The molecule has 5 nitrogen and oxygen atoms in total. The number of alkyl carbamates (subject to hydrolysis) is 1. The molecule has 1 amide bonds. The molecule has 0 aromatic carbocycles. The lowest BCUT2D eigenvalue weighted by molar-refractivity contribution is 0.0508. The molecule has 0 saturated carbocycles. The van der Waals surface area contributed by atoms with Gasteiger partial charge in [0, 0.05) is 22.2 Å². The van der Waals surface area contributed by atoms with E-state index in [1.54, 1.807) is 22.7 Å². The summed E-state index contributed by atoms with van der Waals surface area (Å²) in [5, 5.41) is 9.56. The number of halogens is 1. The Morgan fingerprint density at radius 1 is 1.41 bits per heavy atom. The minimum Gasteiger partial charge on any atom is -0.444 e. The summed E-state index contributed by atoms with van der Waals surface area (Å²) in [7, 11) is 0. The summed E-state index contributed by atoms with van der Waals surface area (Å²) in [4.78, 5) is 14.4. The Balaban J connectivity index is 1.66. The van der Waals surface area contributed by atoms with Crippen molar-refractivity contribution in [3.63, 3.8) is 0 Å². The van der Waals surface area contributed by atoms with Crippen molar-refractivity contribution in [2.24, 2.45) is 0 Å². The van der Waals surface area contributed by atoms with Crippen molar-refractivity contribution in [2.75, 3.05) is 5.32 Å². The molecule has 3 aromatic heterocycles. The first-order chi connectivity index (χ1) is 12.7. The fraction of sp³-hybridized carbons (Fsp3) is 0.444. The number of carbonyl (C=O) groups is 1. The summed E-state index contributed by atoms with van der Waals surface area (Å²) in [5.74, 6) is 0. The fourth-order valence-electron chi connectivity index (χ4n) is 2.48. The van der Waals surface area contributed by atoms with Crippen molar-refractivity contribution in [2.45, 2.75) is 52.3 Å². The Hall–Kier alpha value is -1.16. The van der Waals surface area contributed by atoms with Gasteiger partial charge in [0.2, 0.25) is 0 Å². The highest BCUT2D eigenvalue weighted by molar-refractivity contribution is 9.10. The van der Waals surface area contributed by atoms with Crippen LogP contribution >= 0.6 is 50.1 Å². The zero-order chi connectivity index (χ0) is 19.6. The second-order valence-corrected chi connectivity index (χ2v) is 10.9. The highest BCUT2D eigenvalue weighted by Crippen LogP contribution is 2.42. The van der Waals surface area contributed by atoms with Gasteiger partial charge in [-0.2, -0.15) is 4.37 Å². The van der Waals surface area contributed by atoms with Crippen LogP contribution in [-0.4, -0.2) is 22.1 Å². The topological polar surface area (TPSA) is 63.2 Å². The van der Waals surface area contributed by atoms with E-state index in [4.69, 9.17) is 4.74 Å². The summed E-state index contributed by atoms with van der Waals surface area (Å²) in [6.45, 7) is 8.36. The minimum atomic E-state index is -0.497. The third kappa shape index (κ3) is 5.43. The van der Waals surface area contributed by atoms with Crippen molar-refractivity contribution in [3.05, 3.63) is 31.7 Å². The first-order valence-corrected chi connectivity index (χ1v) is 11.8. The van der Waals surface area contributed by atoms with Crippen LogP contribution in [0.5, 0.6) is 0 Å². The maximum Gasteiger partial charge on any atom is 0.407 e. The minimum absolute atomic E-state index is 0.0369. The largest absolute Gasteiger partial charge is 0.444 e. The normalized spacial score (nSPS) is 12.9. The van der Waals surface area contributed by atoms with E-state index in [0.29, 0.717) is 0 Å². The van der Waals surface area contributed by atoms with Crippen LogP contribution in [0, 0.1) is 0 Å². The van der Waals surface area contributed by atoms with Crippen LogP contribution in [-0.2, 0) is 17.7 Å². The fourth-order valence-corrected chi connectivity index (χ4v) is 6.21. The van der Waals surface area contributed by atoms with Gasteiger partial charge in [-0.15, -0.1) is 22.7 Å². The lowest BCUT2D eigenvalue weighted by atomic mass is 10.2. The summed E-state index contributed by atoms with van der Waals surface area (Å²) in [6, 6.07) is 4.14. The van der Waals surface area contributed by atoms with E-state index in [-0.39, 0.29) is 12.1 Å². The molecule has 0 unspecified atom stereocenters. The molecule has 0 aliphatic heterocycles. The van der Waals surface area contributed by atoms with Gasteiger partial charge >= 0.3 is 6.09 Å². The number of anilines is 1. The number of thiophene rings is 2. The average molecular weight is 488 g/mol. The summed E-state index contributed by atoms with van der Waals surface area (Å²) in [6.07, 6.45) is 0.330. The quantitative estimate of drug-likeness (QED) is 0.431. The van der Waals surface area contributed by atoms with Gasteiger partial charge < -0.3 is 15.4 Å². The van der Waals surface area contributed by atoms with Gasteiger partial charge in [-0.25, -0.2) is 4.79 Å². The molecular formula is C18H22BrN3O2S3. The van der Waals surface area contributed by atoms with Crippen LogP contribution in [0.1, 0.15) is 37.4 Å². The average Bonchev–Trinajstić information content (AvgIpc) is 3.24. The molecule has 9 heteroatoms. The number of nitrogens with zero attached hydrogens (tertiary/aromatic N) is 1. The highest BCUT2D eigenvalue weighted by atomic mass is 79.9. The first-order valence-electron chi connectivity index (χ1n) is 8.55. The number of hydrogen-bond acceptors (Lipinski definition) is 7. The number of fused-ring (bicyclic) bond motifs is 1. The predicted molar refractivity (Wildman–Crippen MR) is 119 cm³/mol. The SMILES string of the molecule is C[C@@H](Cc1sc2c(NCc3cccs3)snc2c1Br)NC(=O)OC(C)(C)C. The van der Waals surface area contributed by atoms with E-state index >= 15 is 0 Å². The third-order valence-electron chi connectivity index (χ3n) is 3.59. The van der Waals surface area contributed by atoms with E-state index in [1.807, 2.05) is 27.7 Å². The van der Waals surface area contributed by atoms with Crippen LogP contribution in [0.3, 0.4) is 0 Å². The van der Waals surface area contributed by atoms with E-state index in [1.165, 1.54) is 21.3 Å². The summed E-state index contributed by atoms with van der Waals surface area (Å²) < 4.78 is 12.1. The van der Waals surface area contributed by atoms with Crippen LogP contribution in [0.15, 0.2) is 22.0 Å². The molecule has 0 bridgehead atoms. The van der Waals surface area contributed by atoms with Crippen molar-refractivity contribution in [1.29, 1.82) is 0 Å². The molecule has 1 atom stereocenters. The molecule has 27 heavy (non-hydrogen) atoms. The highest BCUT2D eigenvalue weighted by Gasteiger charge is 2.21. The molecule has 0 fully saturated rings. The maximum absolute atomic E-state index is 12.0. The van der Waals surface area contributed by atoms with Crippen molar-refractivity contribution < 1.29 is 9.53 Å². The van der Waals surface area contributed by atoms with Crippen LogP contribution in [0.25, 0.3) is 10.2 Å². The molecule has 146 valence electrons. The van der Waals surface area contributed by atoms with Gasteiger partial charge in [-0.05, 0) is 66.6 Å². The molecule has 3 aromatic rings. The van der Waals surface area contributed by atoms with Gasteiger partial charge in [0.1, 0.15) is 16.1 Å². The second-order valence-electron chi connectivity index (χ2n) is 7.21. The number of carbonyl (C=O) groups excluding carboxylic acids is 1. The first kappa shape index (κ1) is 20.6. The number of ether oxygens (including phenoxy) is 1. The third-order valence-corrected chi connectivity index (χ3v) is 7.73. The predicted octanol–water partition coefficient (Wildman–Crippen LogP) is 6.25. The lowest BCUT2D eigenvalue weighted by Crippen LogP contribution is -2.38. The molecule has 0 spiro atoms. The lowest BCUT2D eigenvalue weighted by Gasteiger charge is -2.21. The number of aromatic nitrogens is 1. The standard InChI is InChI=1S/C18H22BrN3O2S3/c1-10(21-17(23)24-18(2,3)4)8-12-13(19)14-15(26-12)16(27-22-14)20-9-11-6-5-7-25-11/h5-7,10,20H,8-9H2,1-4H3,(H,21,23)/t10-/m0/s1. The van der Waals surface area contributed by atoms with E-state index < -0.39 is 5.60 Å². The van der Waals surface area contributed by atoms with Crippen LogP contribution in [0.4, 0.5) is 9.80 Å². The Labute approximate surface area is 179 Å². The smallest absolute Gasteiger partial charge is 0.407 e. The number of rotatable bonds is 6. The summed E-state index contributed by atoms with van der Waals surface area (Å²) in [5.41, 5.74) is 0.487. The second kappa shape index (κ2) is 8.46. The van der Waals surface area contributed by atoms with Crippen LogP contribution < -0.4 is 10.6 Å². The van der Waals surface area contributed by atoms with Gasteiger partial charge in [-0.1, -0.05) is 6.07 Å². The Morgan fingerprint density at radius 3 is 2.85 bits per heavy atom. The molecular weight excluding hydrogens is 466 g/mol. The Kier molecular flexibility index (Phi) is 6.45. The van der Waals surface area contributed by atoms with Gasteiger partial charge in [0.25, 0.3) is 0 Å². The molecule has 3 rings (SSSR count). The van der Waals surface area contributed by atoms with Crippen molar-refractivity contribution in [3.8, 4) is 0 Å². The zero-order valence-corrected chi connectivity index (χ0v) is 19.6. The van der Waals surface area contributed by atoms with Crippen LogP contribution in [0.2, 0.25) is 0 Å². The Morgan fingerprint density at radius 2 is 2.19 bits per heavy atom. The van der Waals surface area contributed by atoms with Gasteiger partial charge in [0.05, 0.1) is 15.7 Å². The molecule has 0 saturated heterocycles. The maximum atomic E-state index is 12.0. The molecule has 3 heterocycles. The molecule has 0 radical (unpaired) electrons.